The molecule has 27 heavy (non-hydrogen) atoms. The van der Waals surface area contributed by atoms with Gasteiger partial charge in [-0.2, -0.15) is 0 Å². The van der Waals surface area contributed by atoms with Gasteiger partial charge in [0.15, 0.2) is 5.13 Å². The van der Waals surface area contributed by atoms with Gasteiger partial charge in [0.05, 0.1) is 19.9 Å². The Hall–Kier alpha value is -3.19. The second-order valence-electron chi connectivity index (χ2n) is 5.48. The highest BCUT2D eigenvalue weighted by molar-refractivity contribution is 7.14. The second-order valence-corrected chi connectivity index (χ2v) is 6.34. The van der Waals surface area contributed by atoms with E-state index < -0.39 is 0 Å². The van der Waals surface area contributed by atoms with Gasteiger partial charge in [-0.1, -0.05) is 12.1 Å². The molecule has 0 spiro atoms. The standard InChI is InChI=1S/C20H17FN2O3S/c1-25-15-8-9-18(26-2)16(11-15)17-12-27-20(22-17)23-19(24)10-5-13-3-6-14(21)7-4-13/h3-12H,1-2H3,(H,22,23,24). The minimum absolute atomic E-state index is 0.320. The molecule has 138 valence electrons. The molecule has 1 N–H and O–H groups in total. The highest BCUT2D eigenvalue weighted by atomic mass is 32.1. The van der Waals surface area contributed by atoms with E-state index in [2.05, 4.69) is 10.3 Å². The number of hydrogen-bond donors (Lipinski definition) is 1. The van der Waals surface area contributed by atoms with E-state index in [1.807, 2.05) is 11.4 Å². The van der Waals surface area contributed by atoms with Crippen molar-refractivity contribution in [3.05, 3.63) is 65.3 Å². The summed E-state index contributed by atoms with van der Waals surface area (Å²) < 4.78 is 23.5. The first-order chi connectivity index (χ1) is 13.1. The number of anilines is 1. The van der Waals surface area contributed by atoms with Crippen LogP contribution in [0.2, 0.25) is 0 Å². The minimum Gasteiger partial charge on any atom is -0.497 e. The summed E-state index contributed by atoms with van der Waals surface area (Å²) in [7, 11) is 3.17. The van der Waals surface area contributed by atoms with E-state index in [0.717, 1.165) is 11.1 Å². The van der Waals surface area contributed by atoms with Crippen LogP contribution >= 0.6 is 11.3 Å². The van der Waals surface area contributed by atoms with Crippen molar-refractivity contribution in [2.24, 2.45) is 0 Å². The second kappa shape index (κ2) is 8.46. The van der Waals surface area contributed by atoms with E-state index in [1.165, 1.54) is 29.5 Å². The summed E-state index contributed by atoms with van der Waals surface area (Å²) in [6.07, 6.45) is 2.98. The lowest BCUT2D eigenvalue weighted by Gasteiger charge is -2.08. The number of hydrogen-bond acceptors (Lipinski definition) is 5. The molecule has 2 aromatic carbocycles. The molecule has 0 saturated carbocycles. The van der Waals surface area contributed by atoms with Crippen LogP contribution < -0.4 is 14.8 Å². The van der Waals surface area contributed by atoms with Crippen molar-refractivity contribution < 1.29 is 18.7 Å². The van der Waals surface area contributed by atoms with E-state index in [4.69, 9.17) is 9.47 Å². The van der Waals surface area contributed by atoms with E-state index >= 15 is 0 Å². The van der Waals surface area contributed by atoms with Gasteiger partial charge in [0.1, 0.15) is 17.3 Å². The Bertz CT molecular complexity index is 968. The Kier molecular flexibility index (Phi) is 5.83. The van der Waals surface area contributed by atoms with E-state index in [1.54, 1.807) is 44.6 Å². The molecule has 0 aliphatic heterocycles. The normalized spacial score (nSPS) is 10.8. The number of nitrogens with one attached hydrogen (secondary N) is 1. The summed E-state index contributed by atoms with van der Waals surface area (Å²) in [6.45, 7) is 0. The van der Waals surface area contributed by atoms with Gasteiger partial charge in [-0.3, -0.25) is 10.1 Å². The molecule has 0 atom stereocenters. The molecule has 1 heterocycles. The SMILES string of the molecule is COc1ccc(OC)c(-c2csc(NC(=O)C=Cc3ccc(F)cc3)n2)c1. The number of nitrogens with zero attached hydrogens (tertiary/aromatic N) is 1. The Morgan fingerprint density at radius 3 is 2.63 bits per heavy atom. The Labute approximate surface area is 160 Å². The molecule has 0 fully saturated rings. The number of ether oxygens (including phenoxy) is 2. The fourth-order valence-electron chi connectivity index (χ4n) is 2.36. The van der Waals surface area contributed by atoms with Crippen LogP contribution in [0.15, 0.2) is 53.9 Å². The highest BCUT2D eigenvalue weighted by Gasteiger charge is 2.12. The number of benzene rings is 2. The molecular weight excluding hydrogens is 367 g/mol. The van der Waals surface area contributed by atoms with Crippen molar-refractivity contribution in [2.45, 2.75) is 0 Å². The zero-order chi connectivity index (χ0) is 19.2. The lowest BCUT2D eigenvalue weighted by atomic mass is 10.1. The monoisotopic (exact) mass is 384 g/mol. The number of rotatable bonds is 6. The van der Waals surface area contributed by atoms with Crippen molar-refractivity contribution in [2.75, 3.05) is 19.5 Å². The first-order valence-corrected chi connectivity index (χ1v) is 8.89. The van der Waals surface area contributed by atoms with Crippen LogP contribution in [0.1, 0.15) is 5.56 Å². The van der Waals surface area contributed by atoms with Crippen molar-refractivity contribution in [3.8, 4) is 22.8 Å². The molecule has 7 heteroatoms. The molecule has 0 bridgehead atoms. The van der Waals surface area contributed by atoms with Crippen LogP contribution in [0.3, 0.4) is 0 Å². The Morgan fingerprint density at radius 1 is 1.15 bits per heavy atom. The van der Waals surface area contributed by atoms with Crippen LogP contribution in [-0.4, -0.2) is 25.1 Å². The maximum absolute atomic E-state index is 12.9. The number of halogens is 1. The number of aromatic nitrogens is 1. The molecule has 0 saturated heterocycles. The highest BCUT2D eigenvalue weighted by Crippen LogP contribution is 2.35. The van der Waals surface area contributed by atoms with Crippen molar-refractivity contribution in [1.82, 2.24) is 4.98 Å². The molecule has 0 aliphatic rings. The summed E-state index contributed by atoms with van der Waals surface area (Å²) in [5, 5.41) is 5.01. The van der Waals surface area contributed by atoms with Gasteiger partial charge in [0.25, 0.3) is 0 Å². The van der Waals surface area contributed by atoms with Gasteiger partial charge in [-0.05, 0) is 42.0 Å². The van der Waals surface area contributed by atoms with Crippen LogP contribution in [0.4, 0.5) is 9.52 Å². The third-order valence-electron chi connectivity index (χ3n) is 3.71. The summed E-state index contributed by atoms with van der Waals surface area (Å²) in [5.41, 5.74) is 2.18. The molecule has 3 rings (SSSR count). The summed E-state index contributed by atoms with van der Waals surface area (Å²) in [4.78, 5) is 16.5. The van der Waals surface area contributed by atoms with Crippen LogP contribution in [0.25, 0.3) is 17.3 Å². The zero-order valence-electron chi connectivity index (χ0n) is 14.7. The van der Waals surface area contributed by atoms with Gasteiger partial charge in [0, 0.05) is 17.0 Å². The largest absolute Gasteiger partial charge is 0.497 e. The van der Waals surface area contributed by atoms with Gasteiger partial charge in [-0.15, -0.1) is 11.3 Å². The molecule has 0 unspecified atom stereocenters. The smallest absolute Gasteiger partial charge is 0.250 e. The van der Waals surface area contributed by atoms with Crippen LogP contribution in [0.5, 0.6) is 11.5 Å². The predicted octanol–water partition coefficient (Wildman–Crippen LogP) is 4.62. The fourth-order valence-corrected chi connectivity index (χ4v) is 3.08. The van der Waals surface area contributed by atoms with Crippen molar-refractivity contribution in [3.63, 3.8) is 0 Å². The zero-order valence-corrected chi connectivity index (χ0v) is 15.5. The fraction of sp³-hybridized carbons (Fsp3) is 0.100. The summed E-state index contributed by atoms with van der Waals surface area (Å²) in [5.74, 6) is 0.708. The first-order valence-electron chi connectivity index (χ1n) is 8.01. The number of amides is 1. The van der Waals surface area contributed by atoms with Gasteiger partial charge in [-0.25, -0.2) is 9.37 Å². The molecule has 3 aromatic rings. The van der Waals surface area contributed by atoms with Gasteiger partial charge >= 0.3 is 0 Å². The van der Waals surface area contributed by atoms with Gasteiger partial charge in [0.2, 0.25) is 5.91 Å². The quantitative estimate of drug-likeness (QED) is 0.630. The molecule has 5 nitrogen and oxygen atoms in total. The molecule has 0 radical (unpaired) electrons. The number of thiazole rings is 1. The summed E-state index contributed by atoms with van der Waals surface area (Å²) in [6, 6.07) is 11.3. The van der Waals surface area contributed by atoms with E-state index in [0.29, 0.717) is 22.3 Å². The third-order valence-corrected chi connectivity index (χ3v) is 4.47. The molecular formula is C20H17FN2O3S. The number of carbonyl (C=O) groups excluding carboxylic acids is 1. The number of carbonyl (C=O) groups is 1. The average Bonchev–Trinajstić information content (AvgIpc) is 3.15. The Balaban J connectivity index is 1.72. The first kappa shape index (κ1) is 18.6. The lowest BCUT2D eigenvalue weighted by molar-refractivity contribution is -0.111. The van der Waals surface area contributed by atoms with Crippen LogP contribution in [0, 0.1) is 5.82 Å². The topological polar surface area (TPSA) is 60.5 Å². The van der Waals surface area contributed by atoms with E-state index in [9.17, 15) is 9.18 Å². The number of methoxy groups -OCH3 is 2. The maximum atomic E-state index is 12.9. The van der Waals surface area contributed by atoms with Crippen LogP contribution in [-0.2, 0) is 4.79 Å². The molecule has 1 amide bonds. The minimum atomic E-state index is -0.321. The lowest BCUT2D eigenvalue weighted by Crippen LogP contribution is -2.07. The van der Waals surface area contributed by atoms with Gasteiger partial charge < -0.3 is 9.47 Å². The molecule has 1 aromatic heterocycles. The maximum Gasteiger partial charge on any atom is 0.250 e. The predicted molar refractivity (Wildman–Crippen MR) is 105 cm³/mol. The van der Waals surface area contributed by atoms with Crippen molar-refractivity contribution >= 4 is 28.5 Å². The third kappa shape index (κ3) is 4.71. The average molecular weight is 384 g/mol. The van der Waals surface area contributed by atoms with E-state index in [-0.39, 0.29) is 11.7 Å². The molecule has 0 aliphatic carbocycles. The summed E-state index contributed by atoms with van der Waals surface area (Å²) >= 11 is 1.31. The van der Waals surface area contributed by atoms with Crippen molar-refractivity contribution in [1.29, 1.82) is 0 Å². The Morgan fingerprint density at radius 2 is 1.93 bits per heavy atom.